The molecule has 0 amide bonds. The first-order chi connectivity index (χ1) is 8.59. The van der Waals surface area contributed by atoms with E-state index in [9.17, 15) is 0 Å². The Bertz CT molecular complexity index is 521. The second kappa shape index (κ2) is 5.19. The molecule has 0 aliphatic rings. The third kappa shape index (κ3) is 2.51. The lowest BCUT2D eigenvalue weighted by Crippen LogP contribution is -2.16. The number of anilines is 1. The molecule has 1 aromatic heterocycles. The molecule has 2 aromatic rings. The topological polar surface area (TPSA) is 42.2 Å². The zero-order valence-electron chi connectivity index (χ0n) is 11.1. The molecule has 1 atom stereocenters. The van der Waals surface area contributed by atoms with Gasteiger partial charge in [-0.15, -0.1) is 0 Å². The maximum atomic E-state index is 6.29. The maximum Gasteiger partial charge on any atom is 0.128 e. The van der Waals surface area contributed by atoms with Crippen LogP contribution in [0.5, 0.6) is 0 Å². The molecule has 2 rings (SSSR count). The number of nitrogens with two attached hydrogens (primary N) is 1. The standard InChI is InChI=1S/C15H19N3/c1-11-9-14(18(2)3)17-10-13(11)15(16)12-7-5-4-6-8-12/h4-10,15H,16H2,1-3H3. The minimum Gasteiger partial charge on any atom is -0.363 e. The van der Waals surface area contributed by atoms with E-state index in [-0.39, 0.29) is 6.04 Å². The summed E-state index contributed by atoms with van der Waals surface area (Å²) in [5.41, 5.74) is 9.65. The SMILES string of the molecule is Cc1cc(N(C)C)ncc1C(N)c1ccccc1. The zero-order chi connectivity index (χ0) is 13.1. The van der Waals surface area contributed by atoms with Gasteiger partial charge in [-0.05, 0) is 29.7 Å². The van der Waals surface area contributed by atoms with Gasteiger partial charge in [0, 0.05) is 20.3 Å². The number of aromatic nitrogens is 1. The molecule has 3 heteroatoms. The molecule has 0 fully saturated rings. The highest BCUT2D eigenvalue weighted by molar-refractivity contribution is 5.44. The van der Waals surface area contributed by atoms with Crippen molar-refractivity contribution in [3.8, 4) is 0 Å². The van der Waals surface area contributed by atoms with Crippen LogP contribution < -0.4 is 10.6 Å². The van der Waals surface area contributed by atoms with Crippen molar-refractivity contribution in [2.75, 3.05) is 19.0 Å². The van der Waals surface area contributed by atoms with Gasteiger partial charge in [0.15, 0.2) is 0 Å². The van der Waals surface area contributed by atoms with Gasteiger partial charge in [0.25, 0.3) is 0 Å². The van der Waals surface area contributed by atoms with Crippen LogP contribution in [0.1, 0.15) is 22.7 Å². The van der Waals surface area contributed by atoms with Gasteiger partial charge in [-0.2, -0.15) is 0 Å². The van der Waals surface area contributed by atoms with Crippen LogP contribution in [0.4, 0.5) is 5.82 Å². The lowest BCUT2D eigenvalue weighted by molar-refractivity contribution is 0.850. The van der Waals surface area contributed by atoms with Gasteiger partial charge in [0.05, 0.1) is 6.04 Å². The number of hydrogen-bond acceptors (Lipinski definition) is 3. The molecule has 94 valence electrons. The van der Waals surface area contributed by atoms with E-state index in [4.69, 9.17) is 5.73 Å². The number of pyridine rings is 1. The Morgan fingerprint density at radius 1 is 1.17 bits per heavy atom. The van der Waals surface area contributed by atoms with Gasteiger partial charge in [0.1, 0.15) is 5.82 Å². The van der Waals surface area contributed by atoms with Gasteiger partial charge in [0.2, 0.25) is 0 Å². The van der Waals surface area contributed by atoms with Crippen molar-refractivity contribution < 1.29 is 0 Å². The van der Waals surface area contributed by atoms with E-state index in [1.807, 2.05) is 55.5 Å². The lowest BCUT2D eigenvalue weighted by atomic mass is 9.97. The fourth-order valence-corrected chi connectivity index (χ4v) is 1.96. The Morgan fingerprint density at radius 2 is 1.83 bits per heavy atom. The van der Waals surface area contributed by atoms with E-state index in [1.54, 1.807) is 0 Å². The molecule has 1 unspecified atom stereocenters. The smallest absolute Gasteiger partial charge is 0.128 e. The first-order valence-electron chi connectivity index (χ1n) is 6.04. The van der Waals surface area contributed by atoms with E-state index >= 15 is 0 Å². The summed E-state index contributed by atoms with van der Waals surface area (Å²) in [5.74, 6) is 0.955. The lowest BCUT2D eigenvalue weighted by Gasteiger charge is -2.18. The molecule has 1 aromatic carbocycles. The Hall–Kier alpha value is -1.87. The van der Waals surface area contributed by atoms with E-state index < -0.39 is 0 Å². The first kappa shape index (κ1) is 12.6. The average Bonchev–Trinajstić information content (AvgIpc) is 2.38. The molecular weight excluding hydrogens is 222 g/mol. The summed E-state index contributed by atoms with van der Waals surface area (Å²) < 4.78 is 0. The van der Waals surface area contributed by atoms with E-state index in [1.165, 1.54) is 5.56 Å². The molecule has 0 aliphatic heterocycles. The molecule has 0 bridgehead atoms. The average molecular weight is 241 g/mol. The minimum absolute atomic E-state index is 0.116. The monoisotopic (exact) mass is 241 g/mol. The van der Waals surface area contributed by atoms with Crippen molar-refractivity contribution in [1.29, 1.82) is 0 Å². The fourth-order valence-electron chi connectivity index (χ4n) is 1.96. The molecule has 0 saturated heterocycles. The van der Waals surface area contributed by atoms with Gasteiger partial charge in [-0.25, -0.2) is 4.98 Å². The summed E-state index contributed by atoms with van der Waals surface area (Å²) in [4.78, 5) is 6.42. The van der Waals surface area contributed by atoms with Gasteiger partial charge in [-0.3, -0.25) is 0 Å². The summed E-state index contributed by atoms with van der Waals surface area (Å²) in [6.07, 6.45) is 1.88. The third-order valence-electron chi connectivity index (χ3n) is 3.09. The van der Waals surface area contributed by atoms with Crippen LogP contribution in [-0.2, 0) is 0 Å². The van der Waals surface area contributed by atoms with Crippen molar-refractivity contribution >= 4 is 5.82 Å². The maximum absolute atomic E-state index is 6.29. The van der Waals surface area contributed by atoms with Gasteiger partial charge >= 0.3 is 0 Å². The Kier molecular flexibility index (Phi) is 3.63. The molecule has 2 N–H and O–H groups in total. The zero-order valence-corrected chi connectivity index (χ0v) is 11.1. The van der Waals surface area contributed by atoms with Crippen LogP contribution in [0.15, 0.2) is 42.6 Å². The minimum atomic E-state index is -0.116. The van der Waals surface area contributed by atoms with Crippen molar-refractivity contribution in [3.05, 3.63) is 59.3 Å². The molecule has 0 radical (unpaired) electrons. The van der Waals surface area contributed by atoms with Gasteiger partial charge < -0.3 is 10.6 Å². The Labute approximate surface area is 108 Å². The molecule has 0 spiro atoms. The number of benzene rings is 1. The van der Waals surface area contributed by atoms with Crippen LogP contribution in [0.25, 0.3) is 0 Å². The molecular formula is C15H19N3. The Morgan fingerprint density at radius 3 is 2.39 bits per heavy atom. The summed E-state index contributed by atoms with van der Waals surface area (Å²) >= 11 is 0. The van der Waals surface area contributed by atoms with Crippen molar-refractivity contribution in [1.82, 2.24) is 4.98 Å². The third-order valence-corrected chi connectivity index (χ3v) is 3.09. The Balaban J connectivity index is 2.34. The predicted octanol–water partition coefficient (Wildman–Crippen LogP) is 2.50. The van der Waals surface area contributed by atoms with Crippen LogP contribution in [-0.4, -0.2) is 19.1 Å². The van der Waals surface area contributed by atoms with Crippen LogP contribution in [0.3, 0.4) is 0 Å². The van der Waals surface area contributed by atoms with Crippen LogP contribution in [0.2, 0.25) is 0 Å². The number of hydrogen-bond donors (Lipinski definition) is 1. The highest BCUT2D eigenvalue weighted by Crippen LogP contribution is 2.23. The first-order valence-corrected chi connectivity index (χ1v) is 6.04. The largest absolute Gasteiger partial charge is 0.363 e. The van der Waals surface area contributed by atoms with E-state index in [0.717, 1.165) is 16.9 Å². The second-order valence-electron chi connectivity index (χ2n) is 4.68. The number of nitrogens with zero attached hydrogens (tertiary/aromatic N) is 2. The van der Waals surface area contributed by atoms with Gasteiger partial charge in [-0.1, -0.05) is 30.3 Å². The highest BCUT2D eigenvalue weighted by Gasteiger charge is 2.12. The fraction of sp³-hybridized carbons (Fsp3) is 0.267. The summed E-state index contributed by atoms with van der Waals surface area (Å²) in [7, 11) is 3.97. The summed E-state index contributed by atoms with van der Waals surface area (Å²) in [5, 5.41) is 0. The quantitative estimate of drug-likeness (QED) is 0.897. The summed E-state index contributed by atoms with van der Waals surface area (Å²) in [6, 6.07) is 12.1. The molecule has 1 heterocycles. The molecule has 0 aliphatic carbocycles. The molecule has 3 nitrogen and oxygen atoms in total. The second-order valence-corrected chi connectivity index (χ2v) is 4.68. The van der Waals surface area contributed by atoms with Crippen LogP contribution >= 0.6 is 0 Å². The van der Waals surface area contributed by atoms with Crippen molar-refractivity contribution in [2.45, 2.75) is 13.0 Å². The van der Waals surface area contributed by atoms with Crippen molar-refractivity contribution in [3.63, 3.8) is 0 Å². The van der Waals surface area contributed by atoms with E-state index in [0.29, 0.717) is 0 Å². The summed E-state index contributed by atoms with van der Waals surface area (Å²) in [6.45, 7) is 2.08. The highest BCUT2D eigenvalue weighted by atomic mass is 15.1. The normalized spacial score (nSPS) is 12.2. The van der Waals surface area contributed by atoms with Crippen LogP contribution in [0, 0.1) is 6.92 Å². The predicted molar refractivity (Wildman–Crippen MR) is 75.8 cm³/mol. The van der Waals surface area contributed by atoms with E-state index in [2.05, 4.69) is 18.0 Å². The molecule has 0 saturated carbocycles. The molecule has 18 heavy (non-hydrogen) atoms. The van der Waals surface area contributed by atoms with Crippen molar-refractivity contribution in [2.24, 2.45) is 5.73 Å². The number of rotatable bonds is 3. The number of aryl methyl sites for hydroxylation is 1.